The molecule has 22 heavy (non-hydrogen) atoms. The number of carbonyl (C=O) groups excluding carboxylic acids is 2. The van der Waals surface area contributed by atoms with Gasteiger partial charge < -0.3 is 15.0 Å². The first kappa shape index (κ1) is 16.3. The van der Waals surface area contributed by atoms with Gasteiger partial charge in [0, 0.05) is 18.8 Å². The second kappa shape index (κ2) is 6.81. The lowest BCUT2D eigenvalue weighted by Crippen LogP contribution is -2.41. The van der Waals surface area contributed by atoms with Crippen LogP contribution in [0.15, 0.2) is 24.3 Å². The number of ether oxygens (including phenoxy) is 1. The van der Waals surface area contributed by atoms with Crippen LogP contribution in [0.3, 0.4) is 0 Å². The number of amides is 2. The van der Waals surface area contributed by atoms with Gasteiger partial charge in [-0.1, -0.05) is 18.2 Å². The van der Waals surface area contributed by atoms with Gasteiger partial charge in [-0.05, 0) is 51.2 Å². The Morgan fingerprint density at radius 2 is 1.91 bits per heavy atom. The van der Waals surface area contributed by atoms with Gasteiger partial charge in [-0.25, -0.2) is 4.79 Å². The highest BCUT2D eigenvalue weighted by Gasteiger charge is 2.28. The van der Waals surface area contributed by atoms with Gasteiger partial charge in [0.25, 0.3) is 0 Å². The molecular weight excluding hydrogens is 280 g/mol. The topological polar surface area (TPSA) is 58.6 Å². The second-order valence-corrected chi connectivity index (χ2v) is 6.59. The van der Waals surface area contributed by atoms with Crippen LogP contribution in [0.2, 0.25) is 0 Å². The van der Waals surface area contributed by atoms with Crippen LogP contribution in [0.25, 0.3) is 0 Å². The Hall–Kier alpha value is -2.04. The summed E-state index contributed by atoms with van der Waals surface area (Å²) in [5.74, 6) is 0.349. The summed E-state index contributed by atoms with van der Waals surface area (Å²) in [5, 5.41) is 2.75. The molecule has 1 fully saturated rings. The zero-order chi connectivity index (χ0) is 16.2. The average Bonchev–Trinajstić information content (AvgIpc) is 2.47. The third kappa shape index (κ3) is 4.23. The van der Waals surface area contributed by atoms with E-state index in [4.69, 9.17) is 4.74 Å². The van der Waals surface area contributed by atoms with Crippen LogP contribution in [0.4, 0.5) is 10.5 Å². The summed E-state index contributed by atoms with van der Waals surface area (Å²) in [6, 6.07) is 7.83. The number of anilines is 1. The summed E-state index contributed by atoms with van der Waals surface area (Å²) >= 11 is 0. The molecule has 5 nitrogen and oxygen atoms in total. The fourth-order valence-corrected chi connectivity index (χ4v) is 2.75. The summed E-state index contributed by atoms with van der Waals surface area (Å²) in [5.41, 5.74) is 1.53. The van der Waals surface area contributed by atoms with Crippen molar-refractivity contribution in [2.24, 2.45) is 0 Å². The average molecular weight is 304 g/mol. The lowest BCUT2D eigenvalue weighted by atomic mass is 9.88. The minimum Gasteiger partial charge on any atom is -0.444 e. The predicted molar refractivity (Wildman–Crippen MR) is 85.9 cm³/mol. The smallest absolute Gasteiger partial charge is 0.410 e. The van der Waals surface area contributed by atoms with Gasteiger partial charge in [0.05, 0.1) is 0 Å². The lowest BCUT2D eigenvalue weighted by Gasteiger charge is -2.34. The molecule has 0 atom stereocenters. The Morgan fingerprint density at radius 3 is 2.50 bits per heavy atom. The molecule has 1 N–H and O–H groups in total. The van der Waals surface area contributed by atoms with Crippen molar-refractivity contribution in [2.45, 2.75) is 45.1 Å². The first-order valence-electron chi connectivity index (χ1n) is 7.68. The normalized spacial score (nSPS) is 16.2. The highest BCUT2D eigenvalue weighted by molar-refractivity contribution is 5.74. The van der Waals surface area contributed by atoms with E-state index in [-0.39, 0.29) is 6.09 Å². The summed E-state index contributed by atoms with van der Waals surface area (Å²) in [6.07, 6.45) is 2.20. The molecule has 0 saturated carbocycles. The molecule has 5 heteroatoms. The van der Waals surface area contributed by atoms with Crippen LogP contribution in [0.1, 0.15) is 45.1 Å². The lowest BCUT2D eigenvalue weighted by molar-refractivity contribution is -0.105. The van der Waals surface area contributed by atoms with Crippen LogP contribution in [-0.2, 0) is 9.53 Å². The Kier molecular flexibility index (Phi) is 5.06. The molecule has 1 aliphatic heterocycles. The van der Waals surface area contributed by atoms with E-state index in [9.17, 15) is 9.59 Å². The van der Waals surface area contributed by atoms with Crippen molar-refractivity contribution in [3.63, 3.8) is 0 Å². The largest absolute Gasteiger partial charge is 0.444 e. The molecule has 1 aromatic carbocycles. The Morgan fingerprint density at radius 1 is 1.27 bits per heavy atom. The number of benzene rings is 1. The zero-order valence-electron chi connectivity index (χ0n) is 13.5. The number of para-hydroxylation sites is 1. The molecule has 2 amide bonds. The molecular formula is C17H24N2O3. The number of nitrogens with zero attached hydrogens (tertiary/aromatic N) is 1. The molecule has 1 saturated heterocycles. The molecule has 1 aliphatic rings. The van der Waals surface area contributed by atoms with Crippen LogP contribution in [-0.4, -0.2) is 36.1 Å². The Labute approximate surface area is 131 Å². The van der Waals surface area contributed by atoms with Crippen molar-refractivity contribution in [2.75, 3.05) is 18.4 Å². The summed E-state index contributed by atoms with van der Waals surface area (Å²) in [7, 11) is 0. The van der Waals surface area contributed by atoms with E-state index in [0.29, 0.717) is 25.4 Å². The molecule has 0 radical (unpaired) electrons. The van der Waals surface area contributed by atoms with E-state index in [2.05, 4.69) is 5.32 Å². The number of nitrogens with one attached hydrogen (secondary N) is 1. The van der Waals surface area contributed by atoms with Crippen LogP contribution in [0, 0.1) is 0 Å². The number of hydrogen-bond donors (Lipinski definition) is 1. The van der Waals surface area contributed by atoms with E-state index in [1.54, 1.807) is 4.90 Å². The Bertz CT molecular complexity index is 529. The maximum atomic E-state index is 12.1. The number of carbonyl (C=O) groups is 2. The summed E-state index contributed by atoms with van der Waals surface area (Å²) < 4.78 is 5.41. The van der Waals surface area contributed by atoms with Crippen molar-refractivity contribution < 1.29 is 14.3 Å². The molecule has 0 aromatic heterocycles. The third-order valence-corrected chi connectivity index (χ3v) is 3.76. The number of rotatable bonds is 3. The maximum Gasteiger partial charge on any atom is 0.410 e. The summed E-state index contributed by atoms with van der Waals surface area (Å²) in [6.45, 7) is 6.97. The molecule has 0 unspecified atom stereocenters. The van der Waals surface area contributed by atoms with Gasteiger partial charge in [0.1, 0.15) is 5.60 Å². The molecule has 0 aliphatic carbocycles. The fraction of sp³-hybridized carbons (Fsp3) is 0.529. The first-order valence-corrected chi connectivity index (χ1v) is 7.68. The van der Waals surface area contributed by atoms with Gasteiger partial charge in [0.15, 0.2) is 0 Å². The minimum absolute atomic E-state index is 0.245. The second-order valence-electron chi connectivity index (χ2n) is 6.59. The van der Waals surface area contributed by atoms with Crippen LogP contribution < -0.4 is 5.32 Å². The standard InChI is InChI=1S/C17H24N2O3/c1-17(2,3)22-16(21)19-10-8-13(9-11-19)14-6-4-5-7-15(14)18-12-20/h4-7,12-13H,8-11H2,1-3H3,(H,18,20). The monoisotopic (exact) mass is 304 g/mol. The van der Waals surface area contributed by atoms with Crippen molar-refractivity contribution in [3.8, 4) is 0 Å². The van der Waals surface area contributed by atoms with Crippen LogP contribution >= 0.6 is 0 Å². The number of likely N-dealkylation sites (tertiary alicyclic amines) is 1. The highest BCUT2D eigenvalue weighted by atomic mass is 16.6. The van der Waals surface area contributed by atoms with Crippen molar-refractivity contribution in [1.29, 1.82) is 0 Å². The predicted octanol–water partition coefficient (Wildman–Crippen LogP) is 3.37. The molecule has 1 aromatic rings. The maximum absolute atomic E-state index is 12.1. The van der Waals surface area contributed by atoms with Gasteiger partial charge in [-0.2, -0.15) is 0 Å². The van der Waals surface area contributed by atoms with Gasteiger partial charge in [-0.15, -0.1) is 0 Å². The quantitative estimate of drug-likeness (QED) is 0.871. The molecule has 120 valence electrons. The molecule has 1 heterocycles. The van der Waals surface area contributed by atoms with Crippen molar-refractivity contribution in [1.82, 2.24) is 4.90 Å². The first-order chi connectivity index (χ1) is 10.4. The highest BCUT2D eigenvalue weighted by Crippen LogP contribution is 2.33. The van der Waals surface area contributed by atoms with Crippen molar-refractivity contribution in [3.05, 3.63) is 29.8 Å². The molecule has 0 bridgehead atoms. The third-order valence-electron chi connectivity index (χ3n) is 3.76. The van der Waals surface area contributed by atoms with Gasteiger partial charge in [-0.3, -0.25) is 4.79 Å². The van der Waals surface area contributed by atoms with E-state index in [1.165, 1.54) is 0 Å². The van der Waals surface area contributed by atoms with E-state index >= 15 is 0 Å². The molecule has 2 rings (SSSR count). The summed E-state index contributed by atoms with van der Waals surface area (Å²) in [4.78, 5) is 24.5. The SMILES string of the molecule is CC(C)(C)OC(=O)N1CCC(c2ccccc2NC=O)CC1. The van der Waals surface area contributed by atoms with Gasteiger partial charge >= 0.3 is 6.09 Å². The van der Waals surface area contributed by atoms with Crippen molar-refractivity contribution >= 4 is 18.2 Å². The van der Waals surface area contributed by atoms with Crippen LogP contribution in [0.5, 0.6) is 0 Å². The van der Waals surface area contributed by atoms with Gasteiger partial charge in [0.2, 0.25) is 6.41 Å². The van der Waals surface area contributed by atoms with E-state index in [1.807, 2.05) is 45.0 Å². The van der Waals surface area contributed by atoms with E-state index < -0.39 is 5.60 Å². The van der Waals surface area contributed by atoms with E-state index in [0.717, 1.165) is 24.1 Å². The zero-order valence-corrected chi connectivity index (χ0v) is 13.5. The minimum atomic E-state index is -0.464. The fourth-order valence-electron chi connectivity index (χ4n) is 2.75. The molecule has 0 spiro atoms. The number of piperidine rings is 1. The number of hydrogen-bond acceptors (Lipinski definition) is 3. The Balaban J connectivity index is 1.98.